The quantitative estimate of drug-likeness (QED) is 0.909. The number of halogens is 1. The number of hydrogen-bond donors (Lipinski definition) is 1. The Hall–Kier alpha value is -0.970. The van der Waals surface area contributed by atoms with E-state index < -0.39 is 0 Å². The third-order valence-corrected chi connectivity index (χ3v) is 5.57. The molecule has 3 atom stereocenters. The summed E-state index contributed by atoms with van der Waals surface area (Å²) in [6, 6.07) is 4.46. The van der Waals surface area contributed by atoms with Crippen LogP contribution >= 0.6 is 11.6 Å². The van der Waals surface area contributed by atoms with Crippen molar-refractivity contribution in [1.29, 1.82) is 0 Å². The van der Waals surface area contributed by atoms with Gasteiger partial charge in [-0.1, -0.05) is 18.0 Å². The van der Waals surface area contributed by atoms with Crippen LogP contribution in [0.25, 0.3) is 0 Å². The Labute approximate surface area is 136 Å². The predicted molar refractivity (Wildman–Crippen MR) is 86.5 cm³/mol. The van der Waals surface area contributed by atoms with Gasteiger partial charge in [-0.05, 0) is 42.4 Å². The maximum atomic E-state index is 6.33. The van der Waals surface area contributed by atoms with Crippen molar-refractivity contribution in [3.05, 3.63) is 22.7 Å². The SMILES string of the molecule is NC1CCCC2CN(Cc3cc(Cl)c4c(c3)OCCO4)CC12. The predicted octanol–water partition coefficient (Wildman–Crippen LogP) is 2.67. The van der Waals surface area contributed by atoms with Crippen molar-refractivity contribution in [1.82, 2.24) is 4.90 Å². The molecule has 1 aromatic carbocycles. The molecule has 3 aliphatic rings. The van der Waals surface area contributed by atoms with Crippen LogP contribution in [0, 0.1) is 11.8 Å². The third kappa shape index (κ3) is 2.68. The average Bonchev–Trinajstić information content (AvgIpc) is 2.91. The van der Waals surface area contributed by atoms with Gasteiger partial charge in [0.15, 0.2) is 11.5 Å². The number of nitrogens with two attached hydrogens (primary N) is 1. The standard InChI is InChI=1S/C17H23ClN2O2/c18-14-6-11(7-16-17(14)22-5-4-21-16)8-20-9-12-2-1-3-15(19)13(12)10-20/h6-7,12-13,15H,1-5,8-10,19H2. The molecule has 0 aromatic heterocycles. The molecule has 4 rings (SSSR count). The number of likely N-dealkylation sites (tertiary alicyclic amines) is 1. The van der Waals surface area contributed by atoms with Crippen LogP contribution in [-0.4, -0.2) is 37.2 Å². The first kappa shape index (κ1) is 14.6. The summed E-state index contributed by atoms with van der Waals surface area (Å²) in [6.45, 7) is 4.34. The molecule has 0 bridgehead atoms. The van der Waals surface area contributed by atoms with E-state index >= 15 is 0 Å². The van der Waals surface area contributed by atoms with Crippen molar-refractivity contribution in [2.45, 2.75) is 31.8 Å². The number of nitrogens with zero attached hydrogens (tertiary/aromatic N) is 1. The van der Waals surface area contributed by atoms with Gasteiger partial charge >= 0.3 is 0 Å². The maximum absolute atomic E-state index is 6.33. The first-order valence-electron chi connectivity index (χ1n) is 8.26. The highest BCUT2D eigenvalue weighted by Gasteiger charge is 2.38. The van der Waals surface area contributed by atoms with Crippen LogP contribution in [0.5, 0.6) is 11.5 Å². The van der Waals surface area contributed by atoms with E-state index in [1.54, 1.807) is 0 Å². The van der Waals surface area contributed by atoms with Crippen LogP contribution in [0.4, 0.5) is 0 Å². The molecule has 1 saturated heterocycles. The van der Waals surface area contributed by atoms with Crippen LogP contribution < -0.4 is 15.2 Å². The zero-order valence-electron chi connectivity index (χ0n) is 12.8. The molecule has 1 aliphatic carbocycles. The second-order valence-corrected chi connectivity index (χ2v) is 7.22. The van der Waals surface area contributed by atoms with E-state index in [-0.39, 0.29) is 0 Å². The van der Waals surface area contributed by atoms with Crippen LogP contribution in [0.15, 0.2) is 12.1 Å². The van der Waals surface area contributed by atoms with Gasteiger partial charge in [0, 0.05) is 25.7 Å². The minimum atomic E-state index is 0.382. The van der Waals surface area contributed by atoms with Gasteiger partial charge in [0.25, 0.3) is 0 Å². The lowest BCUT2D eigenvalue weighted by atomic mass is 9.78. The molecular weight excluding hydrogens is 300 g/mol. The molecule has 0 amide bonds. The lowest BCUT2D eigenvalue weighted by molar-refractivity contribution is 0.171. The summed E-state index contributed by atoms with van der Waals surface area (Å²) in [6.07, 6.45) is 3.80. The van der Waals surface area contributed by atoms with Crippen molar-refractivity contribution in [3.63, 3.8) is 0 Å². The second-order valence-electron chi connectivity index (χ2n) is 6.81. The Kier molecular flexibility index (Phi) is 3.93. The first-order chi connectivity index (χ1) is 10.7. The normalized spacial score (nSPS) is 31.1. The molecule has 0 radical (unpaired) electrons. The number of ether oxygens (including phenoxy) is 2. The number of fused-ring (bicyclic) bond motifs is 2. The van der Waals surface area contributed by atoms with Gasteiger partial charge in [0.1, 0.15) is 13.2 Å². The first-order valence-corrected chi connectivity index (χ1v) is 8.64. The fourth-order valence-corrected chi connectivity index (χ4v) is 4.54. The summed E-state index contributed by atoms with van der Waals surface area (Å²) in [5.74, 6) is 2.91. The summed E-state index contributed by atoms with van der Waals surface area (Å²) in [4.78, 5) is 2.52. The second kappa shape index (κ2) is 5.91. The Bertz CT molecular complexity index is 566. The molecule has 3 unspecified atom stereocenters. The van der Waals surface area contributed by atoms with Gasteiger partial charge in [0.05, 0.1) is 5.02 Å². The lowest BCUT2D eigenvalue weighted by Gasteiger charge is -2.29. The lowest BCUT2D eigenvalue weighted by Crippen LogP contribution is -2.38. The highest BCUT2D eigenvalue weighted by atomic mass is 35.5. The molecule has 2 heterocycles. The summed E-state index contributed by atoms with van der Waals surface area (Å²) < 4.78 is 11.3. The van der Waals surface area contributed by atoms with Gasteiger partial charge in [-0.3, -0.25) is 4.90 Å². The van der Waals surface area contributed by atoms with Gasteiger partial charge in [-0.15, -0.1) is 0 Å². The summed E-state index contributed by atoms with van der Waals surface area (Å²) in [7, 11) is 0. The Morgan fingerprint density at radius 2 is 2.05 bits per heavy atom. The molecule has 2 N–H and O–H groups in total. The largest absolute Gasteiger partial charge is 0.486 e. The number of benzene rings is 1. The van der Waals surface area contributed by atoms with E-state index in [0.29, 0.717) is 35.9 Å². The van der Waals surface area contributed by atoms with Crippen LogP contribution in [0.2, 0.25) is 5.02 Å². The third-order valence-electron chi connectivity index (χ3n) is 5.29. The van der Waals surface area contributed by atoms with Gasteiger partial charge in [-0.25, -0.2) is 0 Å². The average molecular weight is 323 g/mol. The summed E-state index contributed by atoms with van der Waals surface area (Å²) in [5.41, 5.74) is 7.50. The van der Waals surface area contributed by atoms with Crippen molar-refractivity contribution in [2.24, 2.45) is 17.6 Å². The van der Waals surface area contributed by atoms with Gasteiger partial charge in [-0.2, -0.15) is 0 Å². The van der Waals surface area contributed by atoms with Gasteiger partial charge in [0.2, 0.25) is 0 Å². The van der Waals surface area contributed by atoms with E-state index in [4.69, 9.17) is 26.8 Å². The summed E-state index contributed by atoms with van der Waals surface area (Å²) >= 11 is 6.33. The van der Waals surface area contributed by atoms with E-state index in [2.05, 4.69) is 11.0 Å². The molecule has 2 aliphatic heterocycles. The molecule has 4 nitrogen and oxygen atoms in total. The van der Waals surface area contributed by atoms with Crippen LogP contribution in [0.1, 0.15) is 24.8 Å². The fraction of sp³-hybridized carbons (Fsp3) is 0.647. The molecular formula is C17H23ClN2O2. The molecule has 120 valence electrons. The summed E-state index contributed by atoms with van der Waals surface area (Å²) in [5, 5.41) is 0.653. The molecule has 2 fully saturated rings. The zero-order chi connectivity index (χ0) is 15.1. The van der Waals surface area contributed by atoms with Crippen LogP contribution in [0.3, 0.4) is 0 Å². The van der Waals surface area contributed by atoms with Gasteiger partial charge < -0.3 is 15.2 Å². The van der Waals surface area contributed by atoms with Crippen LogP contribution in [-0.2, 0) is 6.54 Å². The highest BCUT2D eigenvalue weighted by molar-refractivity contribution is 6.32. The van der Waals surface area contributed by atoms with E-state index in [1.165, 1.54) is 24.8 Å². The zero-order valence-corrected chi connectivity index (χ0v) is 13.5. The highest BCUT2D eigenvalue weighted by Crippen LogP contribution is 2.40. The molecule has 5 heteroatoms. The van der Waals surface area contributed by atoms with E-state index in [9.17, 15) is 0 Å². The minimum absolute atomic E-state index is 0.382. The molecule has 22 heavy (non-hydrogen) atoms. The molecule has 1 saturated carbocycles. The Morgan fingerprint density at radius 3 is 2.91 bits per heavy atom. The van der Waals surface area contributed by atoms with E-state index in [1.807, 2.05) is 6.07 Å². The van der Waals surface area contributed by atoms with Crippen molar-refractivity contribution < 1.29 is 9.47 Å². The Balaban J connectivity index is 1.49. The molecule has 1 aromatic rings. The topological polar surface area (TPSA) is 47.7 Å². The van der Waals surface area contributed by atoms with Crippen molar-refractivity contribution >= 4 is 11.6 Å². The smallest absolute Gasteiger partial charge is 0.179 e. The maximum Gasteiger partial charge on any atom is 0.179 e. The fourth-order valence-electron chi connectivity index (χ4n) is 4.25. The monoisotopic (exact) mass is 322 g/mol. The van der Waals surface area contributed by atoms with E-state index in [0.717, 1.165) is 31.3 Å². The number of hydrogen-bond acceptors (Lipinski definition) is 4. The van der Waals surface area contributed by atoms with Crippen molar-refractivity contribution in [3.8, 4) is 11.5 Å². The minimum Gasteiger partial charge on any atom is -0.486 e. The number of rotatable bonds is 2. The Morgan fingerprint density at radius 1 is 1.18 bits per heavy atom. The van der Waals surface area contributed by atoms with Crippen molar-refractivity contribution in [2.75, 3.05) is 26.3 Å². The molecule has 0 spiro atoms.